The van der Waals surface area contributed by atoms with Crippen LogP contribution in [0.4, 0.5) is 5.69 Å². The van der Waals surface area contributed by atoms with Crippen molar-refractivity contribution in [2.45, 2.75) is 32.8 Å². The number of nitrogens with zero attached hydrogens (tertiary/aromatic N) is 2. The van der Waals surface area contributed by atoms with Crippen LogP contribution in [-0.2, 0) is 10.3 Å². The van der Waals surface area contributed by atoms with Crippen molar-refractivity contribution in [2.75, 3.05) is 12.3 Å². The van der Waals surface area contributed by atoms with Crippen molar-refractivity contribution in [2.24, 2.45) is 0 Å². The molecule has 0 saturated heterocycles. The van der Waals surface area contributed by atoms with E-state index < -0.39 is 5.60 Å². The lowest BCUT2D eigenvalue weighted by Gasteiger charge is -2.23. The van der Waals surface area contributed by atoms with Crippen LogP contribution in [0.1, 0.15) is 33.0 Å². The van der Waals surface area contributed by atoms with Crippen LogP contribution >= 0.6 is 23.2 Å². The summed E-state index contributed by atoms with van der Waals surface area (Å²) in [5.41, 5.74) is 6.21. The molecule has 0 spiro atoms. The molecule has 0 fully saturated rings. The third-order valence-corrected chi connectivity index (χ3v) is 3.89. The molecule has 1 atom stereocenters. The Morgan fingerprint density at radius 1 is 1.33 bits per heavy atom. The van der Waals surface area contributed by atoms with E-state index >= 15 is 0 Å². The second-order valence-corrected chi connectivity index (χ2v) is 5.63. The molecule has 0 bridgehead atoms. The number of ether oxygens (including phenoxy) is 1. The topological polar surface area (TPSA) is 74.2 Å². The molecule has 1 unspecified atom stereocenters. The average molecular weight is 330 g/mol. The fraction of sp³-hybridized carbons (Fsp3) is 0.429. The van der Waals surface area contributed by atoms with Crippen LogP contribution in [0.2, 0.25) is 10.0 Å². The third kappa shape index (κ3) is 3.15. The Kier molecular flexibility index (Phi) is 4.76. The molecule has 0 radical (unpaired) electrons. The zero-order valence-electron chi connectivity index (χ0n) is 12.1. The highest BCUT2D eigenvalue weighted by molar-refractivity contribution is 6.37. The lowest BCUT2D eigenvalue weighted by Crippen LogP contribution is -2.26. The van der Waals surface area contributed by atoms with Crippen molar-refractivity contribution < 1.29 is 9.26 Å². The van der Waals surface area contributed by atoms with Crippen molar-refractivity contribution in [3.05, 3.63) is 28.0 Å². The summed E-state index contributed by atoms with van der Waals surface area (Å²) >= 11 is 12.0. The number of nitrogen functional groups attached to an aromatic ring is 1. The zero-order chi connectivity index (χ0) is 15.6. The Balaban J connectivity index is 2.45. The average Bonchev–Trinajstić information content (AvgIpc) is 2.93. The fourth-order valence-electron chi connectivity index (χ4n) is 1.95. The summed E-state index contributed by atoms with van der Waals surface area (Å²) in [5.74, 6) is 0.739. The van der Waals surface area contributed by atoms with Gasteiger partial charge in [-0.3, -0.25) is 0 Å². The Hall–Kier alpha value is -1.30. The van der Waals surface area contributed by atoms with Gasteiger partial charge in [-0.05, 0) is 32.4 Å². The number of hydrogen-bond acceptors (Lipinski definition) is 5. The molecule has 0 aliphatic rings. The normalized spacial score (nSPS) is 14.1. The van der Waals surface area contributed by atoms with Crippen LogP contribution in [0.5, 0.6) is 0 Å². The molecule has 0 aliphatic heterocycles. The summed E-state index contributed by atoms with van der Waals surface area (Å²) in [6.45, 7) is 6.39. The number of hydrogen-bond donors (Lipinski definition) is 1. The molecule has 2 N–H and O–H groups in total. The van der Waals surface area contributed by atoms with Gasteiger partial charge in [-0.15, -0.1) is 0 Å². The minimum Gasteiger partial charge on any atom is -0.397 e. The van der Waals surface area contributed by atoms with Gasteiger partial charge in [0.05, 0.1) is 16.3 Å². The van der Waals surface area contributed by atoms with Crippen molar-refractivity contribution in [1.29, 1.82) is 0 Å². The molecule has 7 heteroatoms. The number of benzene rings is 1. The Labute approximate surface area is 133 Å². The highest BCUT2D eigenvalue weighted by Gasteiger charge is 2.31. The van der Waals surface area contributed by atoms with E-state index in [1.165, 1.54) is 0 Å². The van der Waals surface area contributed by atoms with Gasteiger partial charge in [0, 0.05) is 11.6 Å². The van der Waals surface area contributed by atoms with E-state index in [-0.39, 0.29) is 5.89 Å². The van der Waals surface area contributed by atoms with Gasteiger partial charge >= 0.3 is 0 Å². The minimum absolute atomic E-state index is 0.270. The predicted molar refractivity (Wildman–Crippen MR) is 83.4 cm³/mol. The summed E-state index contributed by atoms with van der Waals surface area (Å²) in [4.78, 5) is 4.39. The van der Waals surface area contributed by atoms with Gasteiger partial charge in [-0.25, -0.2) is 0 Å². The monoisotopic (exact) mass is 329 g/mol. The molecule has 2 aromatic rings. The van der Waals surface area contributed by atoms with Gasteiger partial charge < -0.3 is 15.0 Å². The van der Waals surface area contributed by atoms with E-state index in [0.29, 0.717) is 40.1 Å². The minimum atomic E-state index is -0.604. The van der Waals surface area contributed by atoms with Gasteiger partial charge in [-0.2, -0.15) is 4.98 Å². The fourth-order valence-corrected chi connectivity index (χ4v) is 2.45. The molecule has 1 aromatic heterocycles. The summed E-state index contributed by atoms with van der Waals surface area (Å²) in [7, 11) is 0. The summed E-state index contributed by atoms with van der Waals surface area (Å²) in [6.07, 6.45) is 0.714. The van der Waals surface area contributed by atoms with Gasteiger partial charge in [0.2, 0.25) is 5.82 Å². The quantitative estimate of drug-likeness (QED) is 0.828. The van der Waals surface area contributed by atoms with Crippen LogP contribution in [0.3, 0.4) is 0 Å². The smallest absolute Gasteiger partial charge is 0.260 e. The van der Waals surface area contributed by atoms with Crippen LogP contribution in [-0.4, -0.2) is 16.7 Å². The second kappa shape index (κ2) is 6.22. The Morgan fingerprint density at radius 2 is 2.05 bits per heavy atom. The summed E-state index contributed by atoms with van der Waals surface area (Å²) in [6, 6.07) is 3.21. The number of rotatable bonds is 5. The van der Waals surface area contributed by atoms with Crippen LogP contribution in [0, 0.1) is 0 Å². The Morgan fingerprint density at radius 3 is 2.67 bits per heavy atom. The Bertz CT molecular complexity index is 645. The van der Waals surface area contributed by atoms with Gasteiger partial charge in [0.25, 0.3) is 5.89 Å². The zero-order valence-corrected chi connectivity index (χ0v) is 13.6. The van der Waals surface area contributed by atoms with Gasteiger partial charge in [-0.1, -0.05) is 35.3 Å². The van der Waals surface area contributed by atoms with E-state index in [4.69, 9.17) is 38.2 Å². The molecule has 0 saturated carbocycles. The maximum absolute atomic E-state index is 6.02. The van der Waals surface area contributed by atoms with E-state index in [0.717, 1.165) is 0 Å². The number of nitrogens with two attached hydrogens (primary N) is 1. The lowest BCUT2D eigenvalue weighted by molar-refractivity contribution is -0.0403. The molecule has 2 rings (SSSR count). The molecule has 5 nitrogen and oxygen atoms in total. The molecule has 0 amide bonds. The largest absolute Gasteiger partial charge is 0.397 e. The molecule has 21 heavy (non-hydrogen) atoms. The number of halogens is 2. The van der Waals surface area contributed by atoms with Gasteiger partial charge in [0.1, 0.15) is 5.60 Å². The maximum atomic E-state index is 6.02. The first kappa shape index (κ1) is 16.1. The van der Waals surface area contributed by atoms with Crippen molar-refractivity contribution in [1.82, 2.24) is 10.1 Å². The van der Waals surface area contributed by atoms with E-state index in [2.05, 4.69) is 10.1 Å². The maximum Gasteiger partial charge on any atom is 0.260 e. The first-order valence-electron chi connectivity index (χ1n) is 6.64. The lowest BCUT2D eigenvalue weighted by atomic mass is 10.0. The first-order valence-corrected chi connectivity index (χ1v) is 7.40. The molecule has 1 heterocycles. The molecular weight excluding hydrogens is 313 g/mol. The van der Waals surface area contributed by atoms with Crippen LogP contribution in [0.15, 0.2) is 16.7 Å². The highest BCUT2D eigenvalue weighted by atomic mass is 35.5. The summed E-state index contributed by atoms with van der Waals surface area (Å²) < 4.78 is 11.0. The second-order valence-electron chi connectivity index (χ2n) is 4.79. The molecular formula is C14H17Cl2N3O2. The first-order chi connectivity index (χ1) is 9.91. The summed E-state index contributed by atoms with van der Waals surface area (Å²) in [5, 5.41) is 4.80. The number of anilines is 1. The van der Waals surface area contributed by atoms with Crippen molar-refractivity contribution >= 4 is 28.9 Å². The highest BCUT2D eigenvalue weighted by Crippen LogP contribution is 2.35. The van der Waals surface area contributed by atoms with Crippen LogP contribution in [0.25, 0.3) is 11.5 Å². The van der Waals surface area contributed by atoms with E-state index in [1.54, 1.807) is 12.1 Å². The van der Waals surface area contributed by atoms with E-state index in [1.807, 2.05) is 20.8 Å². The van der Waals surface area contributed by atoms with Crippen LogP contribution < -0.4 is 5.73 Å². The number of aromatic nitrogens is 2. The molecule has 1 aromatic carbocycles. The SMILES string of the molecule is CCOC(C)(CC)c1noc(-c2cc(Cl)cc(Cl)c2N)n1. The molecule has 0 aliphatic carbocycles. The van der Waals surface area contributed by atoms with Crippen molar-refractivity contribution in [3.63, 3.8) is 0 Å². The predicted octanol–water partition coefficient (Wildman–Crippen LogP) is 4.29. The van der Waals surface area contributed by atoms with E-state index in [9.17, 15) is 0 Å². The third-order valence-electron chi connectivity index (χ3n) is 3.36. The molecule has 114 valence electrons. The van der Waals surface area contributed by atoms with Gasteiger partial charge in [0.15, 0.2) is 0 Å². The van der Waals surface area contributed by atoms with Crippen molar-refractivity contribution in [3.8, 4) is 11.5 Å². The standard InChI is InChI=1S/C14H17Cl2N3O2/c1-4-14(3,20-5-2)13-18-12(21-19-13)9-6-8(15)7-10(16)11(9)17/h6-7H,4-5,17H2,1-3H3.